The Morgan fingerprint density at radius 3 is 2.77 bits per heavy atom. The van der Waals surface area contributed by atoms with Crippen molar-refractivity contribution >= 4 is 11.5 Å². The molecule has 0 radical (unpaired) electrons. The smallest absolute Gasteiger partial charge is 0.316 e. The molecule has 4 rings (SSSR count). The van der Waals surface area contributed by atoms with Crippen molar-refractivity contribution in [3.8, 4) is 12.1 Å². The first-order valence-electron chi connectivity index (χ1n) is 9.94. The quantitative estimate of drug-likeness (QED) is 0.621. The topological polar surface area (TPSA) is 120 Å². The van der Waals surface area contributed by atoms with Gasteiger partial charge in [0, 0.05) is 43.0 Å². The Balaban J connectivity index is 1.62. The predicted molar refractivity (Wildman–Crippen MR) is 115 cm³/mol. The number of methoxy groups -OCH3 is 1. The van der Waals surface area contributed by atoms with Crippen LogP contribution in [0.2, 0.25) is 0 Å². The molecule has 9 nitrogen and oxygen atoms in total. The van der Waals surface area contributed by atoms with Gasteiger partial charge in [0.2, 0.25) is 0 Å². The second-order valence-corrected chi connectivity index (χ2v) is 7.33. The van der Waals surface area contributed by atoms with Gasteiger partial charge in [-0.05, 0) is 24.6 Å². The molecule has 1 aliphatic heterocycles. The maximum Gasteiger partial charge on any atom is 0.316 e. The van der Waals surface area contributed by atoms with Crippen molar-refractivity contribution in [2.24, 2.45) is 0 Å². The monoisotopic (exact) mass is 417 g/mol. The van der Waals surface area contributed by atoms with Crippen LogP contribution in [0.5, 0.6) is 6.01 Å². The summed E-state index contributed by atoms with van der Waals surface area (Å²) in [6, 6.07) is 8.03. The Labute approximate surface area is 180 Å². The lowest BCUT2D eigenvalue weighted by Gasteiger charge is -2.32. The fraction of sp³-hybridized carbons (Fsp3) is 0.318. The molecule has 3 aromatic rings. The molecule has 0 fully saturated rings. The number of aliphatic hydroxyl groups is 1. The van der Waals surface area contributed by atoms with Crippen LogP contribution < -0.4 is 15.0 Å². The average Bonchev–Trinajstić information content (AvgIpc) is 2.82. The number of aryl methyl sites for hydroxylation is 1. The van der Waals surface area contributed by atoms with Crippen LogP contribution in [-0.4, -0.2) is 45.3 Å². The van der Waals surface area contributed by atoms with E-state index in [1.54, 1.807) is 12.4 Å². The van der Waals surface area contributed by atoms with Crippen LogP contribution in [-0.2, 0) is 13.0 Å². The molecule has 0 bridgehead atoms. The number of anilines is 2. The molecular formula is C22H23N7O2. The molecule has 1 atom stereocenters. The van der Waals surface area contributed by atoms with E-state index in [2.05, 4.69) is 36.2 Å². The van der Waals surface area contributed by atoms with E-state index in [0.717, 1.165) is 35.5 Å². The maximum absolute atomic E-state index is 9.96. The summed E-state index contributed by atoms with van der Waals surface area (Å²) in [4.78, 5) is 19.3. The van der Waals surface area contributed by atoms with Crippen molar-refractivity contribution in [1.82, 2.24) is 19.9 Å². The van der Waals surface area contributed by atoms with Gasteiger partial charge in [-0.3, -0.25) is 0 Å². The molecule has 1 aromatic carbocycles. The molecule has 3 heterocycles. The van der Waals surface area contributed by atoms with Crippen molar-refractivity contribution in [2.75, 3.05) is 30.5 Å². The van der Waals surface area contributed by atoms with Crippen LogP contribution in [0.3, 0.4) is 0 Å². The van der Waals surface area contributed by atoms with Gasteiger partial charge < -0.3 is 20.1 Å². The SMILES string of the molecule is COc1ncc([C@@H](CO)Nc2ncnc3c2CN(c2ccc(C)cc2C#N)CC3)cn1. The molecule has 0 aliphatic carbocycles. The van der Waals surface area contributed by atoms with Crippen molar-refractivity contribution in [2.45, 2.75) is 25.9 Å². The van der Waals surface area contributed by atoms with Crippen LogP contribution >= 0.6 is 0 Å². The Kier molecular flexibility index (Phi) is 5.91. The largest absolute Gasteiger partial charge is 0.467 e. The Morgan fingerprint density at radius 2 is 2.06 bits per heavy atom. The van der Waals surface area contributed by atoms with Gasteiger partial charge in [-0.15, -0.1) is 0 Å². The summed E-state index contributed by atoms with van der Waals surface area (Å²) in [7, 11) is 1.50. The molecule has 0 saturated heterocycles. The molecule has 0 amide bonds. The molecule has 0 saturated carbocycles. The number of nitrogens with one attached hydrogen (secondary N) is 1. The van der Waals surface area contributed by atoms with E-state index in [0.29, 0.717) is 23.5 Å². The predicted octanol–water partition coefficient (Wildman–Crippen LogP) is 2.16. The lowest BCUT2D eigenvalue weighted by molar-refractivity contribution is 0.275. The van der Waals surface area contributed by atoms with E-state index in [1.807, 2.05) is 25.1 Å². The first-order valence-corrected chi connectivity index (χ1v) is 9.94. The third-order valence-corrected chi connectivity index (χ3v) is 5.34. The fourth-order valence-corrected chi connectivity index (χ4v) is 3.70. The number of ether oxygens (including phenoxy) is 1. The van der Waals surface area contributed by atoms with Gasteiger partial charge in [0.05, 0.1) is 36.7 Å². The van der Waals surface area contributed by atoms with Crippen molar-refractivity contribution in [1.29, 1.82) is 5.26 Å². The van der Waals surface area contributed by atoms with Gasteiger partial charge in [0.1, 0.15) is 18.2 Å². The Bertz CT molecular complexity index is 1110. The number of rotatable bonds is 6. The van der Waals surface area contributed by atoms with Crippen molar-refractivity contribution in [3.05, 3.63) is 64.9 Å². The molecule has 158 valence electrons. The van der Waals surface area contributed by atoms with Gasteiger partial charge in [-0.1, -0.05) is 6.07 Å². The first kappa shape index (κ1) is 20.5. The second-order valence-electron chi connectivity index (χ2n) is 7.33. The number of benzene rings is 1. The highest BCUT2D eigenvalue weighted by atomic mass is 16.5. The highest BCUT2D eigenvalue weighted by Gasteiger charge is 2.24. The highest BCUT2D eigenvalue weighted by molar-refractivity contribution is 5.63. The normalized spacial score (nSPS) is 13.8. The van der Waals surface area contributed by atoms with E-state index >= 15 is 0 Å². The Morgan fingerprint density at radius 1 is 1.26 bits per heavy atom. The third-order valence-electron chi connectivity index (χ3n) is 5.34. The van der Waals surface area contributed by atoms with E-state index in [1.165, 1.54) is 13.4 Å². The van der Waals surface area contributed by atoms with Crippen LogP contribution in [0.25, 0.3) is 0 Å². The number of nitriles is 1. The maximum atomic E-state index is 9.96. The summed E-state index contributed by atoms with van der Waals surface area (Å²) in [5.74, 6) is 0.648. The number of hydrogen-bond acceptors (Lipinski definition) is 9. The third kappa shape index (κ3) is 4.25. The summed E-state index contributed by atoms with van der Waals surface area (Å²) in [6.07, 6.45) is 5.50. The number of hydrogen-bond donors (Lipinski definition) is 2. The minimum Gasteiger partial charge on any atom is -0.467 e. The summed E-state index contributed by atoms with van der Waals surface area (Å²) < 4.78 is 5.00. The van der Waals surface area contributed by atoms with Crippen LogP contribution in [0, 0.1) is 18.3 Å². The van der Waals surface area contributed by atoms with E-state index in [9.17, 15) is 10.4 Å². The number of aliphatic hydroxyl groups excluding tert-OH is 1. The zero-order valence-corrected chi connectivity index (χ0v) is 17.4. The molecule has 2 aromatic heterocycles. The Hall–Kier alpha value is -3.77. The fourth-order valence-electron chi connectivity index (χ4n) is 3.70. The molecule has 0 spiro atoms. The molecule has 1 aliphatic rings. The molecule has 9 heteroatoms. The van der Waals surface area contributed by atoms with Crippen LogP contribution in [0.1, 0.15) is 34.0 Å². The van der Waals surface area contributed by atoms with Crippen LogP contribution in [0.4, 0.5) is 11.5 Å². The van der Waals surface area contributed by atoms with Gasteiger partial charge in [0.15, 0.2) is 0 Å². The minimum absolute atomic E-state index is 0.158. The number of fused-ring (bicyclic) bond motifs is 1. The van der Waals surface area contributed by atoms with Crippen LogP contribution in [0.15, 0.2) is 36.9 Å². The molecular weight excluding hydrogens is 394 g/mol. The molecule has 0 unspecified atom stereocenters. The second kappa shape index (κ2) is 8.93. The summed E-state index contributed by atoms with van der Waals surface area (Å²) in [5.41, 5.74) is 5.23. The van der Waals surface area contributed by atoms with E-state index < -0.39 is 6.04 Å². The minimum atomic E-state index is -0.436. The van der Waals surface area contributed by atoms with Gasteiger partial charge in [0.25, 0.3) is 0 Å². The zero-order valence-electron chi connectivity index (χ0n) is 17.4. The summed E-state index contributed by atoms with van der Waals surface area (Å²) in [6.45, 7) is 3.14. The summed E-state index contributed by atoms with van der Waals surface area (Å²) >= 11 is 0. The van der Waals surface area contributed by atoms with Crippen molar-refractivity contribution < 1.29 is 9.84 Å². The highest BCUT2D eigenvalue weighted by Crippen LogP contribution is 2.31. The number of nitrogens with zero attached hydrogens (tertiary/aromatic N) is 6. The summed E-state index contributed by atoms with van der Waals surface area (Å²) in [5, 5.41) is 22.8. The van der Waals surface area contributed by atoms with E-state index in [-0.39, 0.29) is 12.6 Å². The zero-order chi connectivity index (χ0) is 21.8. The average molecular weight is 417 g/mol. The molecule has 31 heavy (non-hydrogen) atoms. The lowest BCUT2D eigenvalue weighted by atomic mass is 10.0. The first-order chi connectivity index (χ1) is 15.1. The van der Waals surface area contributed by atoms with E-state index in [4.69, 9.17) is 4.74 Å². The van der Waals surface area contributed by atoms with Gasteiger partial charge in [-0.2, -0.15) is 5.26 Å². The van der Waals surface area contributed by atoms with Gasteiger partial charge >= 0.3 is 6.01 Å². The van der Waals surface area contributed by atoms with Crippen molar-refractivity contribution in [3.63, 3.8) is 0 Å². The van der Waals surface area contributed by atoms with Gasteiger partial charge in [-0.25, -0.2) is 19.9 Å². The molecule has 2 N–H and O–H groups in total. The lowest BCUT2D eigenvalue weighted by Crippen LogP contribution is -2.33. The number of aromatic nitrogens is 4. The standard InChI is InChI=1S/C22H23N7O2/c1-14-3-4-20(15(7-14)8-23)29-6-5-18-17(11-29)21(27-13-26-18)28-19(12-30)16-9-24-22(31-2)25-10-16/h3-4,7,9-10,13,19,30H,5-6,11-12H2,1-2H3,(H,26,27,28)/t19-/m1/s1.